The van der Waals surface area contributed by atoms with Crippen LogP contribution in [0.2, 0.25) is 0 Å². The van der Waals surface area contributed by atoms with E-state index in [-0.39, 0.29) is 28.9 Å². The molecule has 1 saturated heterocycles. The van der Waals surface area contributed by atoms with E-state index in [1.807, 2.05) is 6.92 Å². The zero-order chi connectivity index (χ0) is 26.7. The Morgan fingerprint density at radius 2 is 1.64 bits per heavy atom. The molecule has 1 fully saturated rings. The summed E-state index contributed by atoms with van der Waals surface area (Å²) in [6.07, 6.45) is 0. The third-order valence-electron chi connectivity index (χ3n) is 6.64. The lowest BCUT2D eigenvalue weighted by atomic mass is 10.1. The molecule has 1 aliphatic heterocycles. The number of benzene rings is 3. The molecule has 11 heteroatoms. The molecule has 4 aromatic rings. The Kier molecular flexibility index (Phi) is 9.12. The Bertz CT molecular complexity index is 1550. The summed E-state index contributed by atoms with van der Waals surface area (Å²) in [5, 5.41) is 4.00. The molecule has 3 aromatic carbocycles. The molecule has 1 aliphatic rings. The van der Waals surface area contributed by atoms with Crippen molar-refractivity contribution < 1.29 is 13.2 Å². The molecule has 1 aromatic heterocycles. The van der Waals surface area contributed by atoms with Crippen LogP contribution in [-0.2, 0) is 10.0 Å². The SMILES string of the molecule is Cc1ccc(S(=O)(=O)Nc2ccccc2C(=O)NCCN2CCN(c3nc4ccc(C)cc4s3)CC2)cc1.Cl. The number of hydrogen-bond donors (Lipinski definition) is 2. The van der Waals surface area contributed by atoms with Gasteiger partial charge in [0, 0.05) is 39.3 Å². The van der Waals surface area contributed by atoms with E-state index in [1.165, 1.54) is 10.3 Å². The van der Waals surface area contributed by atoms with Crippen molar-refractivity contribution >= 4 is 60.7 Å². The molecule has 0 spiro atoms. The number of halogens is 1. The normalized spacial score (nSPS) is 14.2. The number of carbonyl (C=O) groups excluding carboxylic acids is 1. The minimum absolute atomic E-state index is 0. The maximum atomic E-state index is 12.9. The molecule has 8 nitrogen and oxygen atoms in total. The molecule has 2 heterocycles. The predicted octanol–water partition coefficient (Wildman–Crippen LogP) is 4.69. The summed E-state index contributed by atoms with van der Waals surface area (Å²) in [7, 11) is -3.81. The van der Waals surface area contributed by atoms with Crippen molar-refractivity contribution in [3.05, 3.63) is 83.4 Å². The largest absolute Gasteiger partial charge is 0.351 e. The fourth-order valence-electron chi connectivity index (χ4n) is 4.43. The van der Waals surface area contributed by atoms with Gasteiger partial charge >= 0.3 is 0 Å². The second-order valence-electron chi connectivity index (χ2n) is 9.52. The van der Waals surface area contributed by atoms with E-state index in [0.717, 1.165) is 48.9 Å². The van der Waals surface area contributed by atoms with Gasteiger partial charge in [-0.1, -0.05) is 47.2 Å². The predicted molar refractivity (Wildman–Crippen MR) is 161 cm³/mol. The zero-order valence-electron chi connectivity index (χ0n) is 21.9. The summed E-state index contributed by atoms with van der Waals surface area (Å²) in [5.74, 6) is -0.310. The topological polar surface area (TPSA) is 94.6 Å². The van der Waals surface area contributed by atoms with Crippen molar-refractivity contribution in [3.8, 4) is 0 Å². The standard InChI is InChI=1S/C28H31N5O3S2.ClH/c1-20-7-10-22(11-8-20)38(35,36)31-24-6-4-3-5-23(24)27(34)29-13-14-32-15-17-33(18-16-32)28-30-25-12-9-21(2)19-26(25)37-28;/h3-12,19,31H,13-18H2,1-2H3,(H,29,34);1H. The number of rotatable bonds is 8. The lowest BCUT2D eigenvalue weighted by molar-refractivity contribution is 0.0948. The minimum Gasteiger partial charge on any atom is -0.351 e. The summed E-state index contributed by atoms with van der Waals surface area (Å²) >= 11 is 1.73. The minimum atomic E-state index is -3.81. The van der Waals surface area contributed by atoms with Crippen molar-refractivity contribution in [1.29, 1.82) is 0 Å². The van der Waals surface area contributed by atoms with Gasteiger partial charge in [0.2, 0.25) is 0 Å². The van der Waals surface area contributed by atoms with Crippen LogP contribution in [0.25, 0.3) is 10.2 Å². The highest BCUT2D eigenvalue weighted by Gasteiger charge is 2.21. The first kappa shape index (κ1) is 28.8. The molecular formula is C28H32ClN5O3S2. The number of anilines is 2. The molecule has 0 bridgehead atoms. The summed E-state index contributed by atoms with van der Waals surface area (Å²) in [4.78, 5) is 22.5. The molecule has 0 unspecified atom stereocenters. The molecule has 0 aliphatic carbocycles. The van der Waals surface area contributed by atoms with Crippen LogP contribution < -0.4 is 14.9 Å². The molecular weight excluding hydrogens is 554 g/mol. The average molecular weight is 586 g/mol. The number of aryl methyl sites for hydroxylation is 2. The fourth-order valence-corrected chi connectivity index (χ4v) is 6.63. The van der Waals surface area contributed by atoms with Crippen LogP contribution >= 0.6 is 23.7 Å². The smallest absolute Gasteiger partial charge is 0.261 e. The summed E-state index contributed by atoms with van der Waals surface area (Å²) in [6, 6.07) is 19.6. The zero-order valence-corrected chi connectivity index (χ0v) is 24.3. The maximum Gasteiger partial charge on any atom is 0.261 e. The highest BCUT2D eigenvalue weighted by molar-refractivity contribution is 7.92. The monoisotopic (exact) mass is 585 g/mol. The molecule has 0 radical (unpaired) electrons. The van der Waals surface area contributed by atoms with Crippen LogP contribution in [0.4, 0.5) is 10.8 Å². The van der Waals surface area contributed by atoms with Crippen LogP contribution in [-0.4, -0.2) is 63.5 Å². The maximum absolute atomic E-state index is 12.9. The molecule has 1 amide bonds. The summed E-state index contributed by atoms with van der Waals surface area (Å²) in [6.45, 7) is 8.72. The van der Waals surface area contributed by atoms with E-state index in [4.69, 9.17) is 4.98 Å². The van der Waals surface area contributed by atoms with Gasteiger partial charge in [0.25, 0.3) is 15.9 Å². The molecule has 5 rings (SSSR count). The van der Waals surface area contributed by atoms with Gasteiger partial charge in [-0.05, 0) is 55.8 Å². The van der Waals surface area contributed by atoms with Gasteiger partial charge in [-0.2, -0.15) is 0 Å². The molecule has 206 valence electrons. The van der Waals surface area contributed by atoms with E-state index < -0.39 is 10.0 Å². The Labute approximate surface area is 239 Å². The molecule has 39 heavy (non-hydrogen) atoms. The lowest BCUT2D eigenvalue weighted by Crippen LogP contribution is -2.48. The quantitative estimate of drug-likeness (QED) is 0.312. The van der Waals surface area contributed by atoms with Crippen LogP contribution in [0.1, 0.15) is 21.5 Å². The van der Waals surface area contributed by atoms with Crippen LogP contribution in [0.3, 0.4) is 0 Å². The fraction of sp³-hybridized carbons (Fsp3) is 0.286. The number of piperazine rings is 1. The third kappa shape index (κ3) is 6.88. The van der Waals surface area contributed by atoms with Crippen LogP contribution in [0.15, 0.2) is 71.6 Å². The third-order valence-corrected chi connectivity index (χ3v) is 9.10. The Morgan fingerprint density at radius 1 is 0.949 bits per heavy atom. The van der Waals surface area contributed by atoms with Gasteiger partial charge in [-0.15, -0.1) is 12.4 Å². The summed E-state index contributed by atoms with van der Waals surface area (Å²) in [5.41, 5.74) is 3.80. The number of thiazole rings is 1. The number of nitrogens with zero attached hydrogens (tertiary/aromatic N) is 3. The van der Waals surface area contributed by atoms with Crippen molar-refractivity contribution in [2.24, 2.45) is 0 Å². The first-order valence-corrected chi connectivity index (χ1v) is 14.9. The first-order valence-electron chi connectivity index (χ1n) is 12.6. The average Bonchev–Trinajstić information content (AvgIpc) is 3.32. The second-order valence-corrected chi connectivity index (χ2v) is 12.2. The number of hydrogen-bond acceptors (Lipinski definition) is 7. The van der Waals surface area contributed by atoms with E-state index in [9.17, 15) is 13.2 Å². The number of nitrogens with one attached hydrogen (secondary N) is 2. The number of carbonyl (C=O) groups is 1. The highest BCUT2D eigenvalue weighted by Crippen LogP contribution is 2.30. The Hall–Kier alpha value is -3.18. The second kappa shape index (κ2) is 12.3. The van der Waals surface area contributed by atoms with Gasteiger partial charge in [-0.3, -0.25) is 14.4 Å². The van der Waals surface area contributed by atoms with Gasteiger partial charge in [0.1, 0.15) is 0 Å². The van der Waals surface area contributed by atoms with Gasteiger partial charge in [-0.25, -0.2) is 13.4 Å². The first-order chi connectivity index (χ1) is 18.3. The van der Waals surface area contributed by atoms with Crippen LogP contribution in [0.5, 0.6) is 0 Å². The van der Waals surface area contributed by atoms with E-state index in [2.05, 4.69) is 45.0 Å². The van der Waals surface area contributed by atoms with E-state index in [1.54, 1.807) is 59.9 Å². The van der Waals surface area contributed by atoms with Crippen molar-refractivity contribution in [1.82, 2.24) is 15.2 Å². The lowest BCUT2D eigenvalue weighted by Gasteiger charge is -2.34. The molecule has 2 N–H and O–H groups in total. The van der Waals surface area contributed by atoms with Gasteiger partial charge in [0.05, 0.1) is 26.4 Å². The van der Waals surface area contributed by atoms with Crippen molar-refractivity contribution in [2.75, 3.05) is 48.9 Å². The summed E-state index contributed by atoms with van der Waals surface area (Å²) < 4.78 is 29.5. The van der Waals surface area contributed by atoms with Crippen molar-refractivity contribution in [2.45, 2.75) is 18.7 Å². The Balaban J connectivity index is 0.00000353. The van der Waals surface area contributed by atoms with E-state index >= 15 is 0 Å². The van der Waals surface area contributed by atoms with Gasteiger partial charge in [0.15, 0.2) is 5.13 Å². The Morgan fingerprint density at radius 3 is 2.38 bits per heavy atom. The highest BCUT2D eigenvalue weighted by atomic mass is 35.5. The number of sulfonamides is 1. The van der Waals surface area contributed by atoms with Gasteiger partial charge < -0.3 is 10.2 Å². The molecule has 0 saturated carbocycles. The van der Waals surface area contributed by atoms with E-state index in [0.29, 0.717) is 12.1 Å². The van der Waals surface area contributed by atoms with Crippen LogP contribution in [0, 0.1) is 13.8 Å². The molecule has 0 atom stereocenters. The number of amides is 1. The number of fused-ring (bicyclic) bond motifs is 1. The number of aromatic nitrogens is 1. The van der Waals surface area contributed by atoms with Crippen molar-refractivity contribution in [3.63, 3.8) is 0 Å². The number of para-hydroxylation sites is 1.